The summed E-state index contributed by atoms with van der Waals surface area (Å²) in [5, 5.41) is 17.7. The topological polar surface area (TPSA) is 76.4 Å². The Morgan fingerprint density at radius 1 is 1.48 bits per heavy atom. The number of nitro groups is 1. The SMILES string of the molecule is COc1cc(CC(Cl)N[C@@H](C)C2CCNCC2)ccc1[N+](=O)[O-]. The van der Waals surface area contributed by atoms with Crippen LogP contribution in [0.1, 0.15) is 25.3 Å². The number of alkyl halides is 1. The van der Waals surface area contributed by atoms with Gasteiger partial charge in [-0.25, -0.2) is 0 Å². The van der Waals surface area contributed by atoms with Crippen molar-refractivity contribution in [1.82, 2.24) is 10.6 Å². The van der Waals surface area contributed by atoms with Gasteiger partial charge in [-0.1, -0.05) is 6.07 Å². The van der Waals surface area contributed by atoms with E-state index >= 15 is 0 Å². The molecule has 1 saturated heterocycles. The third-order valence-corrected chi connectivity index (χ3v) is 4.67. The molecular formula is C16H24ClN3O3. The normalized spacial score (nSPS) is 18.4. The van der Waals surface area contributed by atoms with Crippen LogP contribution < -0.4 is 15.4 Å². The lowest BCUT2D eigenvalue weighted by atomic mass is 9.91. The van der Waals surface area contributed by atoms with Gasteiger partial charge in [0.05, 0.1) is 17.5 Å². The molecule has 0 radical (unpaired) electrons. The molecule has 1 aromatic rings. The number of hydrogen-bond donors (Lipinski definition) is 2. The van der Waals surface area contributed by atoms with E-state index in [1.165, 1.54) is 13.2 Å². The summed E-state index contributed by atoms with van der Waals surface area (Å²) in [5.74, 6) is 0.895. The molecule has 1 fully saturated rings. The number of piperidine rings is 1. The molecule has 1 unspecified atom stereocenters. The molecule has 0 saturated carbocycles. The minimum absolute atomic E-state index is 0.0293. The predicted molar refractivity (Wildman–Crippen MR) is 91.2 cm³/mol. The summed E-state index contributed by atoms with van der Waals surface area (Å²) in [4.78, 5) is 10.5. The van der Waals surface area contributed by atoms with Crippen molar-refractivity contribution < 1.29 is 9.66 Å². The Hall–Kier alpha value is -1.37. The van der Waals surface area contributed by atoms with Crippen molar-refractivity contribution in [2.24, 2.45) is 5.92 Å². The van der Waals surface area contributed by atoms with Gasteiger partial charge >= 0.3 is 5.69 Å². The summed E-state index contributed by atoms with van der Waals surface area (Å²) in [5.41, 5.74) is 0.668. The molecule has 0 spiro atoms. The molecule has 0 aromatic heterocycles. The number of benzene rings is 1. The molecule has 1 aliphatic heterocycles. The van der Waals surface area contributed by atoms with E-state index in [2.05, 4.69) is 17.6 Å². The van der Waals surface area contributed by atoms with Gasteiger partial charge in [-0.2, -0.15) is 0 Å². The zero-order valence-corrected chi connectivity index (χ0v) is 14.3. The average Bonchev–Trinajstić information content (AvgIpc) is 2.55. The van der Waals surface area contributed by atoms with Gasteiger partial charge in [-0.15, -0.1) is 11.6 Å². The molecule has 6 nitrogen and oxygen atoms in total. The monoisotopic (exact) mass is 341 g/mol. The summed E-state index contributed by atoms with van der Waals surface area (Å²) in [6, 6.07) is 5.23. The molecule has 2 rings (SSSR count). The van der Waals surface area contributed by atoms with Crippen LogP contribution in [0.2, 0.25) is 0 Å². The lowest BCUT2D eigenvalue weighted by Gasteiger charge is -2.30. The Balaban J connectivity index is 1.94. The van der Waals surface area contributed by atoms with E-state index in [1.807, 2.05) is 0 Å². The van der Waals surface area contributed by atoms with Gasteiger partial charge in [0.15, 0.2) is 5.75 Å². The molecule has 1 aromatic carbocycles. The Morgan fingerprint density at radius 3 is 2.78 bits per heavy atom. The number of methoxy groups -OCH3 is 1. The molecular weight excluding hydrogens is 318 g/mol. The lowest BCUT2D eigenvalue weighted by Crippen LogP contribution is -2.43. The van der Waals surface area contributed by atoms with Crippen molar-refractivity contribution in [2.45, 2.75) is 37.7 Å². The average molecular weight is 342 g/mol. The molecule has 0 aliphatic carbocycles. The van der Waals surface area contributed by atoms with Gasteiger partial charge in [-0.3, -0.25) is 15.4 Å². The molecule has 128 valence electrons. The fourth-order valence-corrected chi connectivity index (χ4v) is 3.41. The van der Waals surface area contributed by atoms with Crippen LogP contribution in [0, 0.1) is 16.0 Å². The second kappa shape index (κ2) is 8.47. The predicted octanol–water partition coefficient (Wildman–Crippen LogP) is 2.69. The molecule has 1 aliphatic rings. The lowest BCUT2D eigenvalue weighted by molar-refractivity contribution is -0.385. The smallest absolute Gasteiger partial charge is 0.310 e. The number of nitro benzene ring substituents is 1. The van der Waals surface area contributed by atoms with E-state index in [-0.39, 0.29) is 16.9 Å². The van der Waals surface area contributed by atoms with Crippen LogP contribution in [0.4, 0.5) is 5.69 Å². The second-order valence-corrected chi connectivity index (χ2v) is 6.50. The Labute approximate surface area is 141 Å². The Kier molecular flexibility index (Phi) is 6.62. The molecule has 0 amide bonds. The van der Waals surface area contributed by atoms with E-state index in [0.717, 1.165) is 31.5 Å². The summed E-state index contributed by atoms with van der Waals surface area (Å²) < 4.78 is 5.09. The van der Waals surface area contributed by atoms with Gasteiger partial charge in [0, 0.05) is 18.5 Å². The van der Waals surface area contributed by atoms with E-state index in [9.17, 15) is 10.1 Å². The molecule has 23 heavy (non-hydrogen) atoms. The van der Waals surface area contributed by atoms with Crippen LogP contribution in [-0.2, 0) is 6.42 Å². The summed E-state index contributed by atoms with van der Waals surface area (Å²) in [6.45, 7) is 4.29. The molecule has 2 atom stereocenters. The van der Waals surface area contributed by atoms with Crippen molar-refractivity contribution in [1.29, 1.82) is 0 Å². The van der Waals surface area contributed by atoms with E-state index in [4.69, 9.17) is 16.3 Å². The van der Waals surface area contributed by atoms with Gasteiger partial charge in [0.1, 0.15) is 0 Å². The fourth-order valence-electron chi connectivity index (χ4n) is 3.03. The maximum atomic E-state index is 10.9. The maximum absolute atomic E-state index is 10.9. The standard InChI is InChI=1S/C16H24ClN3O3/c1-11(13-5-7-18-8-6-13)19-16(17)10-12-3-4-14(20(21)22)15(9-12)23-2/h3-4,9,11,13,16,18-19H,5-8,10H2,1-2H3/t11-,16?/m0/s1. The highest BCUT2D eigenvalue weighted by atomic mass is 35.5. The van der Waals surface area contributed by atoms with Crippen molar-refractivity contribution in [2.75, 3.05) is 20.2 Å². The number of hydrogen-bond acceptors (Lipinski definition) is 5. The Morgan fingerprint density at radius 2 is 2.17 bits per heavy atom. The first-order chi connectivity index (χ1) is 11.0. The van der Waals surface area contributed by atoms with E-state index in [0.29, 0.717) is 18.4 Å². The zero-order valence-electron chi connectivity index (χ0n) is 13.5. The Bertz CT molecular complexity index is 535. The summed E-state index contributed by atoms with van der Waals surface area (Å²) >= 11 is 6.43. The third-order valence-electron chi connectivity index (χ3n) is 4.39. The van der Waals surface area contributed by atoms with Gasteiger partial charge in [0.25, 0.3) is 0 Å². The van der Waals surface area contributed by atoms with Gasteiger partial charge in [0.2, 0.25) is 0 Å². The number of nitrogens with one attached hydrogen (secondary N) is 2. The van der Waals surface area contributed by atoms with Crippen LogP contribution in [-0.4, -0.2) is 36.7 Å². The zero-order chi connectivity index (χ0) is 16.8. The number of halogens is 1. The molecule has 1 heterocycles. The first kappa shape index (κ1) is 18.0. The first-order valence-corrected chi connectivity index (χ1v) is 8.37. The first-order valence-electron chi connectivity index (χ1n) is 7.93. The van der Waals surface area contributed by atoms with Crippen molar-refractivity contribution in [3.05, 3.63) is 33.9 Å². The number of nitrogens with zero attached hydrogens (tertiary/aromatic N) is 1. The molecule has 7 heteroatoms. The summed E-state index contributed by atoms with van der Waals surface area (Å²) in [6.07, 6.45) is 2.90. The minimum atomic E-state index is -0.446. The largest absolute Gasteiger partial charge is 0.490 e. The van der Waals surface area contributed by atoms with Crippen LogP contribution in [0.5, 0.6) is 5.75 Å². The van der Waals surface area contributed by atoms with Crippen molar-refractivity contribution in [3.63, 3.8) is 0 Å². The van der Waals surface area contributed by atoms with Crippen LogP contribution in [0.25, 0.3) is 0 Å². The minimum Gasteiger partial charge on any atom is -0.490 e. The van der Waals surface area contributed by atoms with Crippen LogP contribution in [0.3, 0.4) is 0 Å². The molecule has 0 bridgehead atoms. The third kappa shape index (κ3) is 5.06. The van der Waals surface area contributed by atoms with E-state index < -0.39 is 4.92 Å². The highest BCUT2D eigenvalue weighted by Gasteiger charge is 2.22. The van der Waals surface area contributed by atoms with Gasteiger partial charge < -0.3 is 10.1 Å². The second-order valence-electron chi connectivity index (χ2n) is 5.98. The highest BCUT2D eigenvalue weighted by Crippen LogP contribution is 2.28. The summed E-state index contributed by atoms with van der Waals surface area (Å²) in [7, 11) is 1.43. The number of ether oxygens (including phenoxy) is 1. The van der Waals surface area contributed by atoms with Crippen molar-refractivity contribution in [3.8, 4) is 5.75 Å². The quantitative estimate of drug-likeness (QED) is 0.345. The van der Waals surface area contributed by atoms with Crippen LogP contribution >= 0.6 is 11.6 Å². The van der Waals surface area contributed by atoms with Gasteiger partial charge in [-0.05, 0) is 50.4 Å². The van der Waals surface area contributed by atoms with Crippen molar-refractivity contribution >= 4 is 17.3 Å². The maximum Gasteiger partial charge on any atom is 0.310 e. The van der Waals surface area contributed by atoms with E-state index in [1.54, 1.807) is 12.1 Å². The van der Waals surface area contributed by atoms with Crippen LogP contribution in [0.15, 0.2) is 18.2 Å². The molecule has 2 N–H and O–H groups in total. The fraction of sp³-hybridized carbons (Fsp3) is 0.625. The number of rotatable bonds is 7. The highest BCUT2D eigenvalue weighted by molar-refractivity contribution is 6.20.